The van der Waals surface area contributed by atoms with E-state index in [4.69, 9.17) is 9.47 Å². The van der Waals surface area contributed by atoms with Crippen LogP contribution in [0, 0.1) is 0 Å². The number of hydrogen-bond donors (Lipinski definition) is 1. The van der Waals surface area contributed by atoms with Gasteiger partial charge in [-0.25, -0.2) is 4.98 Å². The largest absolute Gasteiger partial charge is 0.454 e. The predicted octanol–water partition coefficient (Wildman–Crippen LogP) is 3.04. The third-order valence-corrected chi connectivity index (χ3v) is 5.02. The minimum Gasteiger partial charge on any atom is -0.454 e. The van der Waals surface area contributed by atoms with Crippen molar-refractivity contribution in [3.05, 3.63) is 42.0 Å². The molecule has 6 heteroatoms. The summed E-state index contributed by atoms with van der Waals surface area (Å²) in [6.07, 6.45) is 9.66. The number of carbonyl (C=O) groups is 1. The first-order valence-electron chi connectivity index (χ1n) is 8.95. The number of aromatic amines is 1. The number of ether oxygens (including phenoxy) is 2. The molecule has 4 rings (SSSR count). The Morgan fingerprint density at radius 3 is 2.84 bits per heavy atom. The fraction of sp³-hybridized carbons (Fsp3) is 0.474. The Hall–Kier alpha value is -2.50. The van der Waals surface area contributed by atoms with E-state index in [9.17, 15) is 4.79 Å². The summed E-state index contributed by atoms with van der Waals surface area (Å²) in [6.45, 7) is 0.842. The number of carbonyl (C=O) groups excluding carboxylic acids is 1. The van der Waals surface area contributed by atoms with Crippen LogP contribution < -0.4 is 9.47 Å². The maximum atomic E-state index is 13.1. The number of imidazole rings is 1. The summed E-state index contributed by atoms with van der Waals surface area (Å²) in [5, 5.41) is 0. The van der Waals surface area contributed by atoms with Crippen LogP contribution in [0.15, 0.2) is 30.7 Å². The molecule has 0 spiro atoms. The van der Waals surface area contributed by atoms with Crippen LogP contribution in [0.1, 0.15) is 43.4 Å². The Bertz CT molecular complexity index is 724. The lowest BCUT2D eigenvalue weighted by molar-refractivity contribution is -0.134. The number of rotatable bonds is 5. The highest BCUT2D eigenvalue weighted by molar-refractivity contribution is 5.79. The van der Waals surface area contributed by atoms with Crippen molar-refractivity contribution in [1.29, 1.82) is 0 Å². The summed E-state index contributed by atoms with van der Waals surface area (Å²) >= 11 is 0. The van der Waals surface area contributed by atoms with E-state index in [2.05, 4.69) is 9.97 Å². The Kier molecular flexibility index (Phi) is 4.59. The van der Waals surface area contributed by atoms with Crippen LogP contribution in [0.4, 0.5) is 0 Å². The van der Waals surface area contributed by atoms with Gasteiger partial charge >= 0.3 is 0 Å². The van der Waals surface area contributed by atoms with Crippen LogP contribution in [-0.2, 0) is 17.8 Å². The number of fused-ring (bicyclic) bond motifs is 1. The van der Waals surface area contributed by atoms with E-state index in [0.717, 1.165) is 35.6 Å². The summed E-state index contributed by atoms with van der Waals surface area (Å²) in [5.41, 5.74) is 1.93. The number of nitrogens with zero attached hydrogens (tertiary/aromatic N) is 2. The topological polar surface area (TPSA) is 67.5 Å². The number of H-pyrrole nitrogens is 1. The van der Waals surface area contributed by atoms with Crippen molar-refractivity contribution in [3.8, 4) is 11.5 Å². The van der Waals surface area contributed by atoms with Gasteiger partial charge in [-0.2, -0.15) is 0 Å². The summed E-state index contributed by atoms with van der Waals surface area (Å²) < 4.78 is 10.8. The summed E-state index contributed by atoms with van der Waals surface area (Å²) in [7, 11) is 0. The third kappa shape index (κ3) is 3.62. The smallest absolute Gasteiger partial charge is 0.231 e. The summed E-state index contributed by atoms with van der Waals surface area (Å²) in [5.74, 6) is 1.63. The number of nitrogens with one attached hydrogen (secondary N) is 1. The van der Waals surface area contributed by atoms with Crippen LogP contribution in [0.5, 0.6) is 11.5 Å². The van der Waals surface area contributed by atoms with Crippen molar-refractivity contribution in [2.24, 2.45) is 0 Å². The molecule has 1 aliphatic carbocycles. The molecule has 1 aromatic heterocycles. The molecule has 0 unspecified atom stereocenters. The highest BCUT2D eigenvalue weighted by Crippen LogP contribution is 2.33. The molecule has 0 radical (unpaired) electrons. The average molecular weight is 341 g/mol. The van der Waals surface area contributed by atoms with Gasteiger partial charge in [0.25, 0.3) is 0 Å². The van der Waals surface area contributed by atoms with Gasteiger partial charge in [0.1, 0.15) is 0 Å². The monoisotopic (exact) mass is 341 g/mol. The molecule has 0 bridgehead atoms. The standard InChI is InChI=1S/C19H23N3O3/c23-19(9-14-6-7-17-18(8-14)25-13-24-17)22(11-15-10-20-12-21-15)16-4-2-1-3-5-16/h6-8,10,12,16H,1-5,9,11,13H2,(H,20,21). The molecule has 132 valence electrons. The molecule has 1 aromatic carbocycles. The SMILES string of the molecule is O=C(Cc1ccc2c(c1)OCO2)N(Cc1cnc[nH]1)C1CCCCC1. The van der Waals surface area contributed by atoms with E-state index in [1.54, 1.807) is 12.5 Å². The second-order valence-electron chi connectivity index (χ2n) is 6.75. The fourth-order valence-electron chi connectivity index (χ4n) is 3.70. The molecular formula is C19H23N3O3. The van der Waals surface area contributed by atoms with E-state index in [0.29, 0.717) is 19.0 Å². The van der Waals surface area contributed by atoms with Crippen molar-refractivity contribution in [1.82, 2.24) is 14.9 Å². The van der Waals surface area contributed by atoms with Crippen molar-refractivity contribution < 1.29 is 14.3 Å². The third-order valence-electron chi connectivity index (χ3n) is 5.02. The Morgan fingerprint density at radius 2 is 2.04 bits per heavy atom. The van der Waals surface area contributed by atoms with E-state index < -0.39 is 0 Å². The van der Waals surface area contributed by atoms with E-state index in [1.165, 1.54) is 19.3 Å². The zero-order valence-electron chi connectivity index (χ0n) is 14.2. The molecule has 2 aromatic rings. The molecule has 1 saturated carbocycles. The molecule has 1 aliphatic heterocycles. The predicted molar refractivity (Wildman–Crippen MR) is 92.3 cm³/mol. The number of benzene rings is 1. The second kappa shape index (κ2) is 7.17. The van der Waals surface area contributed by atoms with Gasteiger partial charge in [0, 0.05) is 12.2 Å². The van der Waals surface area contributed by atoms with Gasteiger partial charge in [-0.1, -0.05) is 25.3 Å². The summed E-state index contributed by atoms with van der Waals surface area (Å²) in [6, 6.07) is 6.06. The quantitative estimate of drug-likeness (QED) is 0.908. The zero-order chi connectivity index (χ0) is 17.1. The molecule has 6 nitrogen and oxygen atoms in total. The van der Waals surface area contributed by atoms with Gasteiger partial charge in [-0.3, -0.25) is 4.79 Å². The van der Waals surface area contributed by atoms with Gasteiger partial charge in [0.05, 0.1) is 25.0 Å². The number of hydrogen-bond acceptors (Lipinski definition) is 4. The fourth-order valence-corrected chi connectivity index (χ4v) is 3.70. The Morgan fingerprint density at radius 1 is 1.20 bits per heavy atom. The molecule has 2 aliphatic rings. The minimum atomic E-state index is 0.153. The van der Waals surface area contributed by atoms with E-state index in [-0.39, 0.29) is 12.7 Å². The summed E-state index contributed by atoms with van der Waals surface area (Å²) in [4.78, 5) is 22.3. The first-order chi connectivity index (χ1) is 12.3. The van der Waals surface area contributed by atoms with Gasteiger partial charge < -0.3 is 19.4 Å². The molecule has 1 amide bonds. The molecule has 1 N–H and O–H groups in total. The lowest BCUT2D eigenvalue weighted by atomic mass is 9.93. The average Bonchev–Trinajstić information content (AvgIpc) is 3.31. The van der Waals surface area contributed by atoms with Crippen LogP contribution in [-0.4, -0.2) is 33.6 Å². The Labute approximate surface area is 147 Å². The molecule has 25 heavy (non-hydrogen) atoms. The van der Waals surface area contributed by atoms with Gasteiger partial charge in [-0.05, 0) is 30.5 Å². The molecule has 2 heterocycles. The van der Waals surface area contributed by atoms with Gasteiger partial charge in [0.15, 0.2) is 11.5 Å². The maximum Gasteiger partial charge on any atom is 0.231 e. The van der Waals surface area contributed by atoms with Crippen LogP contribution in [0.2, 0.25) is 0 Å². The molecular weight excluding hydrogens is 318 g/mol. The van der Waals surface area contributed by atoms with Gasteiger partial charge in [0.2, 0.25) is 12.7 Å². The van der Waals surface area contributed by atoms with Crippen molar-refractivity contribution in [2.75, 3.05) is 6.79 Å². The number of aromatic nitrogens is 2. The van der Waals surface area contributed by atoms with Gasteiger partial charge in [-0.15, -0.1) is 0 Å². The molecule has 0 atom stereocenters. The van der Waals surface area contributed by atoms with Crippen LogP contribution in [0.25, 0.3) is 0 Å². The number of amides is 1. The highest BCUT2D eigenvalue weighted by Gasteiger charge is 2.26. The minimum absolute atomic E-state index is 0.153. The van der Waals surface area contributed by atoms with Crippen LogP contribution >= 0.6 is 0 Å². The Balaban J connectivity index is 1.50. The van der Waals surface area contributed by atoms with Crippen LogP contribution in [0.3, 0.4) is 0 Å². The molecule has 0 saturated heterocycles. The van der Waals surface area contributed by atoms with Crippen molar-refractivity contribution in [3.63, 3.8) is 0 Å². The zero-order valence-corrected chi connectivity index (χ0v) is 14.2. The maximum absolute atomic E-state index is 13.1. The lowest BCUT2D eigenvalue weighted by Crippen LogP contribution is -2.41. The van der Waals surface area contributed by atoms with Crippen molar-refractivity contribution >= 4 is 5.91 Å². The normalized spacial score (nSPS) is 16.8. The first-order valence-corrected chi connectivity index (χ1v) is 8.95. The molecule has 1 fully saturated rings. The van der Waals surface area contributed by atoms with Crippen molar-refractivity contribution in [2.45, 2.75) is 51.1 Å². The second-order valence-corrected chi connectivity index (χ2v) is 6.75. The van der Waals surface area contributed by atoms with E-state index >= 15 is 0 Å². The first kappa shape index (κ1) is 16.0. The lowest BCUT2D eigenvalue weighted by Gasteiger charge is -2.34. The van der Waals surface area contributed by atoms with E-state index in [1.807, 2.05) is 23.1 Å². The highest BCUT2D eigenvalue weighted by atomic mass is 16.7.